The highest BCUT2D eigenvalue weighted by Crippen LogP contribution is 2.44. The van der Waals surface area contributed by atoms with Crippen molar-refractivity contribution in [3.05, 3.63) is 522 Å². The monoisotopic (exact) mass is 1790 g/mol. The zero-order chi connectivity index (χ0) is 93.0. The van der Waals surface area contributed by atoms with Crippen LogP contribution in [0.1, 0.15) is 0 Å². The second-order valence-corrected chi connectivity index (χ2v) is 35.2. The molecule has 0 aliphatic carbocycles. The van der Waals surface area contributed by atoms with E-state index in [2.05, 4.69) is 449 Å². The molecule has 0 amide bonds. The van der Waals surface area contributed by atoms with Gasteiger partial charge < -0.3 is 8.83 Å². The van der Waals surface area contributed by atoms with Crippen LogP contribution in [0.25, 0.3) is 257 Å². The quantitative estimate of drug-likeness (QED) is 0.0789. The Bertz CT molecular complexity index is 8120. The molecule has 0 radical (unpaired) electrons. The fraction of sp³-hybridized carbons (Fsp3) is 0. The van der Waals surface area contributed by atoms with Crippen LogP contribution in [0.3, 0.4) is 0 Å². The molecule has 0 aliphatic rings. The maximum atomic E-state index is 6.34. The summed E-state index contributed by atoms with van der Waals surface area (Å²) in [5.74, 6) is 1.16. The number of furan rings is 2. The first-order valence-electron chi connectivity index (χ1n) is 47.2. The fourth-order valence-electron chi connectivity index (χ4n) is 18.9. The zero-order valence-electron chi connectivity index (χ0n) is 76.2. The first-order chi connectivity index (χ1) is 69.3. The summed E-state index contributed by atoms with van der Waals surface area (Å²) in [6.07, 6.45) is 0. The van der Waals surface area contributed by atoms with E-state index in [1.807, 2.05) is 72.8 Å². The minimum atomic E-state index is 0.578. The van der Waals surface area contributed by atoms with Gasteiger partial charge in [0.25, 0.3) is 0 Å². The third-order valence-corrected chi connectivity index (χ3v) is 26.2. The number of fused-ring (bicyclic) bond motifs is 6. The van der Waals surface area contributed by atoms with Gasteiger partial charge in [-0.05, 0) is 209 Å². The third kappa shape index (κ3) is 17.7. The number of nitrogens with zero attached hydrogens (tertiary/aromatic N) is 6. The Morgan fingerprint density at radius 3 is 0.564 bits per heavy atom. The van der Waals surface area contributed by atoms with E-state index in [9.17, 15) is 0 Å². The SMILES string of the molecule is c1ccc(-c2cc(-c3cc(-c4ccc(-c5ccc6oc7ccccc7c6c5)cc4)cc(-c4cc(-c5ccccc5)nc(-c5ccccc5)c4)c3)cc(-c3ccccc3)n2)cc1.c1ccc(-c2ccc(-c3cc(-c4ccc(-c5ccccc5)cc4)nc(-c4cc(-c5ccc6oc7ccccc7c6c5)cc(-c5nc(-c6ccc(-c7ccccc7)cc6)cc(-c6ccc(-c7ccccc7)cc6)n5)c4)n3)cc2)cc1. The van der Waals surface area contributed by atoms with Gasteiger partial charge in [0.2, 0.25) is 0 Å². The van der Waals surface area contributed by atoms with Gasteiger partial charge in [0.1, 0.15) is 22.3 Å². The van der Waals surface area contributed by atoms with Crippen molar-refractivity contribution < 1.29 is 8.83 Å². The van der Waals surface area contributed by atoms with E-state index in [1.165, 1.54) is 0 Å². The Kier molecular flexibility index (Phi) is 22.6. The summed E-state index contributed by atoms with van der Waals surface area (Å²) in [6, 6.07) is 183. The van der Waals surface area contributed by atoms with Crippen LogP contribution in [-0.2, 0) is 0 Å². The first kappa shape index (κ1) is 84.3. The first-order valence-corrected chi connectivity index (χ1v) is 47.2. The Balaban J connectivity index is 0.000000157. The van der Waals surface area contributed by atoms with Crippen molar-refractivity contribution in [3.63, 3.8) is 0 Å². The molecule has 6 aromatic heterocycles. The molecule has 0 atom stereocenters. The molecule has 19 aromatic carbocycles. The van der Waals surface area contributed by atoms with Crippen molar-refractivity contribution >= 4 is 43.9 Å². The highest BCUT2D eigenvalue weighted by molar-refractivity contribution is 6.08. The molecule has 6 heterocycles. The van der Waals surface area contributed by atoms with Crippen LogP contribution >= 0.6 is 0 Å². The summed E-state index contributed by atoms with van der Waals surface area (Å²) in [4.78, 5) is 32.2. The number of hydrogen-bond acceptors (Lipinski definition) is 8. The molecule has 0 saturated carbocycles. The Morgan fingerprint density at radius 2 is 0.271 bits per heavy atom. The van der Waals surface area contributed by atoms with Crippen molar-refractivity contribution in [2.75, 3.05) is 0 Å². The van der Waals surface area contributed by atoms with Gasteiger partial charge in [-0.15, -0.1) is 0 Å². The van der Waals surface area contributed by atoms with Gasteiger partial charge >= 0.3 is 0 Å². The lowest BCUT2D eigenvalue weighted by molar-refractivity contribution is 0.668. The van der Waals surface area contributed by atoms with E-state index in [4.69, 9.17) is 38.7 Å². The maximum Gasteiger partial charge on any atom is 0.160 e. The van der Waals surface area contributed by atoms with Crippen molar-refractivity contribution in [3.8, 4) is 213 Å². The van der Waals surface area contributed by atoms with Gasteiger partial charge in [-0.1, -0.05) is 413 Å². The van der Waals surface area contributed by atoms with E-state index >= 15 is 0 Å². The van der Waals surface area contributed by atoms with Crippen LogP contribution in [0.5, 0.6) is 0 Å². The summed E-state index contributed by atoms with van der Waals surface area (Å²) in [5.41, 5.74) is 40.4. The van der Waals surface area contributed by atoms with Gasteiger partial charge in [-0.3, -0.25) is 0 Å². The minimum Gasteiger partial charge on any atom is -0.456 e. The van der Waals surface area contributed by atoms with Crippen LogP contribution in [0, 0.1) is 0 Å². The number of aromatic nitrogens is 6. The van der Waals surface area contributed by atoms with Crippen molar-refractivity contribution in [2.24, 2.45) is 0 Å². The Morgan fingerprint density at radius 1 is 0.100 bits per heavy atom. The largest absolute Gasteiger partial charge is 0.456 e. The second kappa shape index (κ2) is 37.6. The smallest absolute Gasteiger partial charge is 0.160 e. The minimum absolute atomic E-state index is 0.578. The third-order valence-electron chi connectivity index (χ3n) is 26.2. The fourth-order valence-corrected chi connectivity index (χ4v) is 18.9. The van der Waals surface area contributed by atoms with E-state index in [0.29, 0.717) is 11.6 Å². The molecule has 0 saturated heterocycles. The molecule has 0 N–H and O–H groups in total. The van der Waals surface area contributed by atoms with Crippen LogP contribution in [0.4, 0.5) is 0 Å². The Labute approximate surface area is 811 Å². The van der Waals surface area contributed by atoms with Crippen molar-refractivity contribution in [2.45, 2.75) is 0 Å². The molecule has 656 valence electrons. The number of benzene rings is 19. The van der Waals surface area contributed by atoms with Crippen LogP contribution in [-0.4, -0.2) is 29.9 Å². The Hall–Kier alpha value is -18.8. The lowest BCUT2D eigenvalue weighted by atomic mass is 9.91. The van der Waals surface area contributed by atoms with Crippen LogP contribution in [0.2, 0.25) is 0 Å². The number of pyridine rings is 2. The highest BCUT2D eigenvalue weighted by atomic mass is 16.3. The molecule has 0 unspecified atom stereocenters. The lowest BCUT2D eigenvalue weighted by Gasteiger charge is -2.15. The molecule has 8 heteroatoms. The molecular weight excluding hydrogens is 1700 g/mol. The predicted octanol–water partition coefficient (Wildman–Crippen LogP) is 35.2. The van der Waals surface area contributed by atoms with E-state index in [-0.39, 0.29) is 0 Å². The van der Waals surface area contributed by atoms with Gasteiger partial charge in [0.15, 0.2) is 11.6 Å². The number of para-hydroxylation sites is 2. The normalized spacial score (nSPS) is 11.3. The lowest BCUT2D eigenvalue weighted by Crippen LogP contribution is -1.99. The van der Waals surface area contributed by atoms with Gasteiger partial charge in [0, 0.05) is 77.2 Å². The molecule has 0 spiro atoms. The topological polar surface area (TPSA) is 104 Å². The number of hydrogen-bond donors (Lipinski definition) is 0. The van der Waals surface area contributed by atoms with Crippen molar-refractivity contribution in [1.82, 2.24) is 29.9 Å². The second-order valence-electron chi connectivity index (χ2n) is 35.2. The molecule has 8 nitrogen and oxygen atoms in total. The molecular formula is C132H86N6O2. The van der Waals surface area contributed by atoms with Crippen LogP contribution in [0.15, 0.2) is 531 Å². The number of rotatable bonds is 19. The molecule has 25 rings (SSSR count). The molecule has 0 bridgehead atoms. The molecule has 25 aromatic rings. The van der Waals surface area contributed by atoms with Gasteiger partial charge in [0.05, 0.1) is 45.6 Å². The summed E-state index contributed by atoms with van der Waals surface area (Å²) >= 11 is 0. The summed E-state index contributed by atoms with van der Waals surface area (Å²) in [6.45, 7) is 0. The molecule has 0 fully saturated rings. The van der Waals surface area contributed by atoms with Gasteiger partial charge in [-0.25, -0.2) is 29.9 Å². The standard InChI is InChI=1S/C74H48N4O.C58H38N2O/c1-5-15-49(16-6-1)53-25-33-57(34-26-53)67-47-68(58-35-27-54(28-36-58)50-17-7-2-8-18-50)76-73(75-67)63-43-62(61-41-42-72-66(46-61)65-23-13-14-24-71(65)79-72)44-64(45-63)74-77-69(59-37-29-55(30-38-59)51-19-9-3-10-20-51)48-70(78-74)60-39-31-56(32-40-60)52-21-11-4-12-22-52;1-5-15-41(16-6-1)53-35-49(36-54(59-53)42-17-7-2-8-18-42)47-31-46(40-27-25-39(26-28-40)45-29-30-58-52(34-45)51-23-13-14-24-57(51)61-58)32-48(33-47)50-37-55(43-19-9-3-10-20-43)60-56(38-50)44-21-11-4-12-22-44/h1-48H;1-38H. The van der Waals surface area contributed by atoms with E-state index in [0.717, 1.165) is 245 Å². The summed E-state index contributed by atoms with van der Waals surface area (Å²) < 4.78 is 12.5. The average molecular weight is 1790 g/mol. The summed E-state index contributed by atoms with van der Waals surface area (Å²) in [5, 5.41) is 4.35. The van der Waals surface area contributed by atoms with Gasteiger partial charge in [-0.2, -0.15) is 0 Å². The van der Waals surface area contributed by atoms with E-state index < -0.39 is 0 Å². The maximum absolute atomic E-state index is 6.34. The zero-order valence-corrected chi connectivity index (χ0v) is 76.2. The van der Waals surface area contributed by atoms with E-state index in [1.54, 1.807) is 0 Å². The molecule has 140 heavy (non-hydrogen) atoms. The average Bonchev–Trinajstić information content (AvgIpc) is 1.12. The highest BCUT2D eigenvalue weighted by Gasteiger charge is 2.23. The molecule has 0 aliphatic heterocycles. The van der Waals surface area contributed by atoms with Crippen LogP contribution < -0.4 is 0 Å². The summed E-state index contributed by atoms with van der Waals surface area (Å²) in [7, 11) is 0. The predicted molar refractivity (Wildman–Crippen MR) is 577 cm³/mol. The van der Waals surface area contributed by atoms with Crippen molar-refractivity contribution in [1.29, 1.82) is 0 Å².